The van der Waals surface area contributed by atoms with Crippen molar-refractivity contribution in [1.82, 2.24) is 5.32 Å². The highest BCUT2D eigenvalue weighted by molar-refractivity contribution is 5.91. The number of amides is 1. The molecule has 5 heteroatoms. The standard InChI is InChI=1S/C12H12N2O3/c1-2-8-13-12(15)7-6-10-4-3-5-11(9-10)14(16)17/h2-7,9H,1,8H2,(H,13,15). The van der Waals surface area contributed by atoms with Gasteiger partial charge in [-0.15, -0.1) is 6.58 Å². The summed E-state index contributed by atoms with van der Waals surface area (Å²) in [5, 5.41) is 13.1. The molecule has 0 radical (unpaired) electrons. The number of nitro groups is 1. The largest absolute Gasteiger partial charge is 0.349 e. The van der Waals surface area contributed by atoms with Crippen LogP contribution in [0.3, 0.4) is 0 Å². The van der Waals surface area contributed by atoms with Gasteiger partial charge in [0.15, 0.2) is 0 Å². The Labute approximate surface area is 98.6 Å². The van der Waals surface area contributed by atoms with Crippen molar-refractivity contribution in [2.24, 2.45) is 0 Å². The Morgan fingerprint density at radius 3 is 2.94 bits per heavy atom. The molecule has 1 aromatic carbocycles. The molecule has 1 amide bonds. The van der Waals surface area contributed by atoms with Gasteiger partial charge in [0, 0.05) is 24.8 Å². The quantitative estimate of drug-likeness (QED) is 0.365. The molecule has 17 heavy (non-hydrogen) atoms. The van der Waals surface area contributed by atoms with Crippen molar-refractivity contribution in [1.29, 1.82) is 0 Å². The van der Waals surface area contributed by atoms with E-state index >= 15 is 0 Å². The molecule has 0 saturated heterocycles. The zero-order chi connectivity index (χ0) is 12.7. The first kappa shape index (κ1) is 12.6. The Bertz CT molecular complexity index is 467. The molecule has 0 aromatic heterocycles. The third kappa shape index (κ3) is 4.29. The Kier molecular flexibility index (Phi) is 4.62. The monoisotopic (exact) mass is 232 g/mol. The molecule has 1 N–H and O–H groups in total. The van der Waals surface area contributed by atoms with Crippen LogP contribution in [0.15, 0.2) is 43.0 Å². The van der Waals surface area contributed by atoms with Gasteiger partial charge in [0.1, 0.15) is 0 Å². The summed E-state index contributed by atoms with van der Waals surface area (Å²) >= 11 is 0. The van der Waals surface area contributed by atoms with E-state index in [1.807, 2.05) is 0 Å². The van der Waals surface area contributed by atoms with Crippen molar-refractivity contribution in [3.8, 4) is 0 Å². The van der Waals surface area contributed by atoms with Gasteiger partial charge in [-0.05, 0) is 11.6 Å². The van der Waals surface area contributed by atoms with Crippen LogP contribution < -0.4 is 5.32 Å². The average Bonchev–Trinajstić information content (AvgIpc) is 2.34. The van der Waals surface area contributed by atoms with E-state index < -0.39 is 4.92 Å². The normalized spacial score (nSPS) is 10.1. The Balaban J connectivity index is 2.71. The lowest BCUT2D eigenvalue weighted by atomic mass is 10.2. The smallest absolute Gasteiger partial charge is 0.270 e. The van der Waals surface area contributed by atoms with Gasteiger partial charge in [-0.25, -0.2) is 0 Å². The van der Waals surface area contributed by atoms with Gasteiger partial charge in [-0.3, -0.25) is 14.9 Å². The third-order valence-electron chi connectivity index (χ3n) is 1.93. The predicted molar refractivity (Wildman–Crippen MR) is 65.3 cm³/mol. The van der Waals surface area contributed by atoms with E-state index in [0.717, 1.165) is 0 Å². The van der Waals surface area contributed by atoms with E-state index in [9.17, 15) is 14.9 Å². The second kappa shape index (κ2) is 6.22. The van der Waals surface area contributed by atoms with Crippen LogP contribution in [0.4, 0.5) is 5.69 Å². The van der Waals surface area contributed by atoms with Gasteiger partial charge in [0.25, 0.3) is 5.69 Å². The first-order valence-electron chi connectivity index (χ1n) is 4.94. The number of carbonyl (C=O) groups is 1. The van der Waals surface area contributed by atoms with Gasteiger partial charge >= 0.3 is 0 Å². The minimum Gasteiger partial charge on any atom is -0.349 e. The number of nitro benzene ring substituents is 1. The average molecular weight is 232 g/mol. The maximum absolute atomic E-state index is 11.2. The Hall–Kier alpha value is -2.43. The summed E-state index contributed by atoms with van der Waals surface area (Å²) in [6.45, 7) is 3.86. The van der Waals surface area contributed by atoms with E-state index in [-0.39, 0.29) is 11.6 Å². The Morgan fingerprint density at radius 1 is 1.53 bits per heavy atom. The van der Waals surface area contributed by atoms with Crippen LogP contribution in [0.5, 0.6) is 0 Å². The molecule has 0 unspecified atom stereocenters. The van der Waals surface area contributed by atoms with E-state index in [1.165, 1.54) is 24.3 Å². The van der Waals surface area contributed by atoms with Crippen LogP contribution in [0.1, 0.15) is 5.56 Å². The van der Waals surface area contributed by atoms with Crippen molar-refractivity contribution in [3.63, 3.8) is 0 Å². The van der Waals surface area contributed by atoms with Gasteiger partial charge < -0.3 is 5.32 Å². The number of benzene rings is 1. The SMILES string of the molecule is C=CCNC(=O)C=Cc1cccc([N+](=O)[O-])c1. The highest BCUT2D eigenvalue weighted by atomic mass is 16.6. The van der Waals surface area contributed by atoms with Crippen LogP contribution >= 0.6 is 0 Å². The van der Waals surface area contributed by atoms with Gasteiger partial charge in [-0.1, -0.05) is 18.2 Å². The molecule has 0 aliphatic carbocycles. The lowest BCUT2D eigenvalue weighted by Gasteiger charge is -1.96. The first-order valence-corrected chi connectivity index (χ1v) is 4.94. The molecular formula is C12H12N2O3. The molecular weight excluding hydrogens is 220 g/mol. The highest BCUT2D eigenvalue weighted by Crippen LogP contribution is 2.13. The minimum atomic E-state index is -0.477. The minimum absolute atomic E-state index is 0.00125. The summed E-state index contributed by atoms with van der Waals surface area (Å²) in [6, 6.07) is 6.05. The number of nitrogens with zero attached hydrogens (tertiary/aromatic N) is 1. The van der Waals surface area contributed by atoms with E-state index in [0.29, 0.717) is 12.1 Å². The van der Waals surface area contributed by atoms with Crippen LogP contribution in [-0.4, -0.2) is 17.4 Å². The van der Waals surface area contributed by atoms with E-state index in [4.69, 9.17) is 0 Å². The van der Waals surface area contributed by atoms with Crippen molar-refractivity contribution in [3.05, 3.63) is 58.7 Å². The number of carbonyl (C=O) groups excluding carboxylic acids is 1. The highest BCUT2D eigenvalue weighted by Gasteiger charge is 2.03. The molecule has 1 rings (SSSR count). The molecule has 0 aliphatic rings. The fraction of sp³-hybridized carbons (Fsp3) is 0.0833. The molecule has 0 fully saturated rings. The fourth-order valence-corrected chi connectivity index (χ4v) is 1.15. The van der Waals surface area contributed by atoms with Crippen molar-refractivity contribution < 1.29 is 9.72 Å². The molecule has 0 heterocycles. The number of hydrogen-bond donors (Lipinski definition) is 1. The molecule has 1 aromatic rings. The van der Waals surface area contributed by atoms with Crippen LogP contribution in [0.2, 0.25) is 0 Å². The first-order chi connectivity index (χ1) is 8.13. The zero-order valence-corrected chi connectivity index (χ0v) is 9.13. The second-order valence-corrected chi connectivity index (χ2v) is 3.22. The third-order valence-corrected chi connectivity index (χ3v) is 1.93. The second-order valence-electron chi connectivity index (χ2n) is 3.22. The van der Waals surface area contributed by atoms with Crippen molar-refractivity contribution in [2.45, 2.75) is 0 Å². The zero-order valence-electron chi connectivity index (χ0n) is 9.13. The summed E-state index contributed by atoms with van der Waals surface area (Å²) in [4.78, 5) is 21.3. The maximum atomic E-state index is 11.2. The maximum Gasteiger partial charge on any atom is 0.270 e. The van der Waals surface area contributed by atoms with Gasteiger partial charge in [-0.2, -0.15) is 0 Å². The summed E-state index contributed by atoms with van der Waals surface area (Å²) in [5.74, 6) is -0.267. The van der Waals surface area contributed by atoms with Crippen molar-refractivity contribution in [2.75, 3.05) is 6.54 Å². The molecule has 0 spiro atoms. The van der Waals surface area contributed by atoms with E-state index in [1.54, 1.807) is 18.2 Å². The fourth-order valence-electron chi connectivity index (χ4n) is 1.15. The van der Waals surface area contributed by atoms with Crippen molar-refractivity contribution >= 4 is 17.7 Å². The summed E-state index contributed by atoms with van der Waals surface area (Å²) in [5.41, 5.74) is 0.603. The lowest BCUT2D eigenvalue weighted by Crippen LogP contribution is -2.20. The van der Waals surface area contributed by atoms with Gasteiger partial charge in [0.05, 0.1) is 4.92 Å². The summed E-state index contributed by atoms with van der Waals surface area (Å²) in [6.07, 6.45) is 4.41. The number of rotatable bonds is 5. The molecule has 0 atom stereocenters. The molecule has 0 aliphatic heterocycles. The molecule has 5 nitrogen and oxygen atoms in total. The van der Waals surface area contributed by atoms with Crippen LogP contribution in [0.25, 0.3) is 6.08 Å². The molecule has 88 valence electrons. The van der Waals surface area contributed by atoms with Crippen LogP contribution in [0, 0.1) is 10.1 Å². The number of nitrogens with one attached hydrogen (secondary N) is 1. The number of non-ortho nitro benzene ring substituents is 1. The molecule has 0 saturated carbocycles. The summed E-state index contributed by atoms with van der Waals surface area (Å²) < 4.78 is 0. The number of hydrogen-bond acceptors (Lipinski definition) is 3. The van der Waals surface area contributed by atoms with Gasteiger partial charge in [0.2, 0.25) is 5.91 Å². The topological polar surface area (TPSA) is 72.2 Å². The molecule has 0 bridgehead atoms. The van der Waals surface area contributed by atoms with Crippen LogP contribution in [-0.2, 0) is 4.79 Å². The summed E-state index contributed by atoms with van der Waals surface area (Å²) in [7, 11) is 0. The lowest BCUT2D eigenvalue weighted by molar-refractivity contribution is -0.384. The Morgan fingerprint density at radius 2 is 2.29 bits per heavy atom. The van der Waals surface area contributed by atoms with E-state index in [2.05, 4.69) is 11.9 Å². The predicted octanol–water partition coefficient (Wildman–Crippen LogP) is 1.91.